The van der Waals surface area contributed by atoms with Crippen molar-refractivity contribution in [2.24, 2.45) is 5.73 Å². The number of para-hydroxylation sites is 2. The second-order valence-electron chi connectivity index (χ2n) is 5.04. The SMILES string of the molecule is COc1ccccc1-n1nnc(CN)c1-c1ccc(C)cc1. The zero-order valence-electron chi connectivity index (χ0n) is 12.7. The number of benzene rings is 2. The normalized spacial score (nSPS) is 10.7. The van der Waals surface area contributed by atoms with Crippen LogP contribution in [0.2, 0.25) is 0 Å². The average molecular weight is 294 g/mol. The second kappa shape index (κ2) is 5.99. The van der Waals surface area contributed by atoms with Gasteiger partial charge in [0, 0.05) is 12.1 Å². The van der Waals surface area contributed by atoms with E-state index in [0.717, 1.165) is 28.4 Å². The maximum absolute atomic E-state index is 5.83. The van der Waals surface area contributed by atoms with E-state index in [1.807, 2.05) is 24.3 Å². The molecule has 0 saturated heterocycles. The first-order chi connectivity index (χ1) is 10.7. The number of ether oxygens (including phenoxy) is 1. The Morgan fingerprint density at radius 2 is 1.82 bits per heavy atom. The van der Waals surface area contributed by atoms with Gasteiger partial charge in [0.15, 0.2) is 0 Å². The monoisotopic (exact) mass is 294 g/mol. The third kappa shape index (κ3) is 2.46. The molecule has 0 bridgehead atoms. The first-order valence-corrected chi connectivity index (χ1v) is 7.09. The number of hydrogen-bond acceptors (Lipinski definition) is 4. The Kier molecular flexibility index (Phi) is 3.89. The molecule has 0 aliphatic heterocycles. The van der Waals surface area contributed by atoms with E-state index in [9.17, 15) is 0 Å². The number of hydrogen-bond donors (Lipinski definition) is 1. The molecule has 3 aromatic rings. The summed E-state index contributed by atoms with van der Waals surface area (Å²) >= 11 is 0. The molecule has 22 heavy (non-hydrogen) atoms. The molecule has 0 fully saturated rings. The molecule has 0 unspecified atom stereocenters. The molecule has 1 aromatic heterocycles. The Balaban J connectivity index is 2.21. The Morgan fingerprint density at radius 3 is 2.50 bits per heavy atom. The lowest BCUT2D eigenvalue weighted by Crippen LogP contribution is -2.04. The molecule has 0 atom stereocenters. The maximum atomic E-state index is 5.83. The topological polar surface area (TPSA) is 66.0 Å². The van der Waals surface area contributed by atoms with Gasteiger partial charge < -0.3 is 10.5 Å². The molecular formula is C17H18N4O. The van der Waals surface area contributed by atoms with Gasteiger partial charge >= 0.3 is 0 Å². The van der Waals surface area contributed by atoms with Crippen LogP contribution in [0, 0.1) is 6.92 Å². The zero-order chi connectivity index (χ0) is 15.5. The van der Waals surface area contributed by atoms with Crippen molar-refractivity contribution in [3.8, 4) is 22.7 Å². The van der Waals surface area contributed by atoms with E-state index in [1.165, 1.54) is 5.56 Å². The van der Waals surface area contributed by atoms with E-state index in [4.69, 9.17) is 10.5 Å². The summed E-state index contributed by atoms with van der Waals surface area (Å²) < 4.78 is 7.22. The van der Waals surface area contributed by atoms with E-state index in [2.05, 4.69) is 41.5 Å². The molecule has 0 amide bonds. The van der Waals surface area contributed by atoms with Gasteiger partial charge in [0.05, 0.1) is 12.8 Å². The highest BCUT2D eigenvalue weighted by atomic mass is 16.5. The van der Waals surface area contributed by atoms with Crippen molar-refractivity contribution in [2.75, 3.05) is 7.11 Å². The zero-order valence-corrected chi connectivity index (χ0v) is 12.7. The second-order valence-corrected chi connectivity index (χ2v) is 5.04. The third-order valence-electron chi connectivity index (χ3n) is 3.57. The van der Waals surface area contributed by atoms with Crippen LogP contribution in [0.5, 0.6) is 5.75 Å². The van der Waals surface area contributed by atoms with E-state index in [-0.39, 0.29) is 0 Å². The van der Waals surface area contributed by atoms with Crippen molar-refractivity contribution >= 4 is 0 Å². The smallest absolute Gasteiger partial charge is 0.144 e. The summed E-state index contributed by atoms with van der Waals surface area (Å²) in [6, 6.07) is 16.0. The summed E-state index contributed by atoms with van der Waals surface area (Å²) in [5.41, 5.74) is 10.6. The van der Waals surface area contributed by atoms with Crippen molar-refractivity contribution in [2.45, 2.75) is 13.5 Å². The largest absolute Gasteiger partial charge is 0.494 e. The summed E-state index contributed by atoms with van der Waals surface area (Å²) in [5.74, 6) is 0.740. The van der Waals surface area contributed by atoms with Crippen molar-refractivity contribution < 1.29 is 4.74 Å². The lowest BCUT2D eigenvalue weighted by Gasteiger charge is -2.11. The molecular weight excluding hydrogens is 276 g/mol. The van der Waals surface area contributed by atoms with E-state index < -0.39 is 0 Å². The third-order valence-corrected chi connectivity index (χ3v) is 3.57. The lowest BCUT2D eigenvalue weighted by atomic mass is 10.1. The average Bonchev–Trinajstić information content (AvgIpc) is 2.99. The van der Waals surface area contributed by atoms with Crippen LogP contribution in [0.15, 0.2) is 48.5 Å². The fourth-order valence-electron chi connectivity index (χ4n) is 2.42. The lowest BCUT2D eigenvalue weighted by molar-refractivity contribution is 0.411. The van der Waals surface area contributed by atoms with Crippen LogP contribution in [0.1, 0.15) is 11.3 Å². The molecule has 5 heteroatoms. The number of methoxy groups -OCH3 is 1. The molecule has 2 aromatic carbocycles. The van der Waals surface area contributed by atoms with Gasteiger partial charge in [0.1, 0.15) is 17.1 Å². The summed E-state index contributed by atoms with van der Waals surface area (Å²) in [5, 5.41) is 8.49. The predicted molar refractivity (Wildman–Crippen MR) is 86.0 cm³/mol. The number of nitrogens with zero attached hydrogens (tertiary/aromatic N) is 3. The highest BCUT2D eigenvalue weighted by molar-refractivity contribution is 5.66. The molecule has 1 heterocycles. The number of rotatable bonds is 4. The van der Waals surface area contributed by atoms with Crippen LogP contribution < -0.4 is 10.5 Å². The quantitative estimate of drug-likeness (QED) is 0.803. The first-order valence-electron chi connectivity index (χ1n) is 7.09. The van der Waals surface area contributed by atoms with Crippen LogP contribution in [0.25, 0.3) is 16.9 Å². The minimum absolute atomic E-state index is 0.332. The van der Waals surface area contributed by atoms with E-state index >= 15 is 0 Å². The standard InChI is InChI=1S/C17H18N4O/c1-12-7-9-13(10-8-12)17-14(11-18)19-20-21(17)15-5-3-4-6-16(15)22-2/h3-10H,11,18H2,1-2H3. The minimum Gasteiger partial charge on any atom is -0.494 e. The summed E-state index contributed by atoms with van der Waals surface area (Å²) in [6.45, 7) is 2.39. The molecule has 3 rings (SSSR count). The molecule has 0 radical (unpaired) electrons. The number of nitrogens with two attached hydrogens (primary N) is 1. The van der Waals surface area contributed by atoms with Crippen LogP contribution in [-0.4, -0.2) is 22.1 Å². The molecule has 0 aliphatic rings. The van der Waals surface area contributed by atoms with Gasteiger partial charge in [-0.05, 0) is 19.1 Å². The van der Waals surface area contributed by atoms with Gasteiger partial charge in [0.2, 0.25) is 0 Å². The van der Waals surface area contributed by atoms with Gasteiger partial charge in [-0.1, -0.05) is 47.2 Å². The maximum Gasteiger partial charge on any atom is 0.144 e. The molecule has 2 N–H and O–H groups in total. The Hall–Kier alpha value is -2.66. The minimum atomic E-state index is 0.332. The van der Waals surface area contributed by atoms with Crippen molar-refractivity contribution in [3.63, 3.8) is 0 Å². The van der Waals surface area contributed by atoms with Gasteiger partial charge in [-0.15, -0.1) is 5.10 Å². The molecule has 0 saturated carbocycles. The van der Waals surface area contributed by atoms with Gasteiger partial charge in [-0.25, -0.2) is 4.68 Å². The summed E-state index contributed by atoms with van der Waals surface area (Å²) in [7, 11) is 1.64. The number of aryl methyl sites for hydroxylation is 1. The van der Waals surface area contributed by atoms with Gasteiger partial charge in [0.25, 0.3) is 0 Å². The highest BCUT2D eigenvalue weighted by Crippen LogP contribution is 2.29. The Morgan fingerprint density at radius 1 is 1.09 bits per heavy atom. The highest BCUT2D eigenvalue weighted by Gasteiger charge is 2.17. The van der Waals surface area contributed by atoms with E-state index in [0.29, 0.717) is 6.54 Å². The summed E-state index contributed by atoms with van der Waals surface area (Å²) in [4.78, 5) is 0. The fraction of sp³-hybridized carbons (Fsp3) is 0.176. The molecule has 0 aliphatic carbocycles. The Labute approximate surface area is 129 Å². The summed E-state index contributed by atoms with van der Waals surface area (Å²) in [6.07, 6.45) is 0. The Bertz CT molecular complexity index is 778. The fourth-order valence-corrected chi connectivity index (χ4v) is 2.42. The van der Waals surface area contributed by atoms with Crippen molar-refractivity contribution in [1.29, 1.82) is 0 Å². The van der Waals surface area contributed by atoms with E-state index in [1.54, 1.807) is 11.8 Å². The van der Waals surface area contributed by atoms with Gasteiger partial charge in [-0.3, -0.25) is 0 Å². The van der Waals surface area contributed by atoms with Gasteiger partial charge in [-0.2, -0.15) is 0 Å². The molecule has 0 spiro atoms. The van der Waals surface area contributed by atoms with Crippen LogP contribution in [0.4, 0.5) is 0 Å². The van der Waals surface area contributed by atoms with Crippen LogP contribution in [0.3, 0.4) is 0 Å². The predicted octanol–water partition coefficient (Wildman–Crippen LogP) is 2.71. The first kappa shape index (κ1) is 14.3. The van der Waals surface area contributed by atoms with Crippen molar-refractivity contribution in [3.05, 3.63) is 59.8 Å². The van der Waals surface area contributed by atoms with Crippen LogP contribution >= 0.6 is 0 Å². The molecule has 5 nitrogen and oxygen atoms in total. The molecule has 112 valence electrons. The van der Waals surface area contributed by atoms with Crippen LogP contribution in [-0.2, 0) is 6.54 Å². The van der Waals surface area contributed by atoms with Crippen molar-refractivity contribution in [1.82, 2.24) is 15.0 Å². The number of aromatic nitrogens is 3.